The normalized spacial score (nSPS) is 11.1. The molecule has 0 saturated carbocycles. The highest BCUT2D eigenvalue weighted by atomic mass is 16.1. The van der Waals surface area contributed by atoms with Crippen LogP contribution < -0.4 is 5.32 Å². The fourth-order valence-electron chi connectivity index (χ4n) is 4.01. The van der Waals surface area contributed by atoms with Crippen LogP contribution in [0.15, 0.2) is 0 Å². The largest absolute Gasteiger partial charge is 0.351 e. The summed E-state index contributed by atoms with van der Waals surface area (Å²) in [5.74, 6) is 0.185. The van der Waals surface area contributed by atoms with E-state index in [9.17, 15) is 4.79 Å². The third-order valence-corrected chi connectivity index (χ3v) is 5.97. The SMILES string of the molecule is CC[CH]NC(=O)CCCCCCCCCCCCCCCCCCCCCCC. The molecular weight excluding hydrogens is 354 g/mol. The molecule has 0 unspecified atom stereocenters. The number of unbranched alkanes of at least 4 members (excludes halogenated alkanes) is 20. The van der Waals surface area contributed by atoms with Crippen molar-refractivity contribution >= 4 is 5.91 Å². The molecule has 1 radical (unpaired) electrons. The van der Waals surface area contributed by atoms with Crippen molar-refractivity contribution in [3.05, 3.63) is 6.54 Å². The lowest BCUT2D eigenvalue weighted by molar-refractivity contribution is -0.120. The van der Waals surface area contributed by atoms with Crippen LogP contribution in [0.4, 0.5) is 0 Å². The Bertz CT molecular complexity index is 316. The second kappa shape index (κ2) is 25.5. The third-order valence-electron chi connectivity index (χ3n) is 5.97. The van der Waals surface area contributed by atoms with Crippen LogP contribution in [-0.4, -0.2) is 5.91 Å². The van der Waals surface area contributed by atoms with Gasteiger partial charge in [-0.25, -0.2) is 0 Å². The van der Waals surface area contributed by atoms with Crippen molar-refractivity contribution < 1.29 is 4.79 Å². The molecule has 1 amide bonds. The predicted octanol–water partition coefficient (Wildman–Crippen LogP) is 9.28. The summed E-state index contributed by atoms with van der Waals surface area (Å²) >= 11 is 0. The van der Waals surface area contributed by atoms with Crippen LogP contribution in [0, 0.1) is 6.54 Å². The van der Waals surface area contributed by atoms with Gasteiger partial charge in [0.1, 0.15) is 0 Å². The Kier molecular flexibility index (Phi) is 25.0. The average Bonchev–Trinajstić information content (AvgIpc) is 2.73. The maximum absolute atomic E-state index is 11.5. The highest BCUT2D eigenvalue weighted by Crippen LogP contribution is 2.15. The molecule has 0 rings (SSSR count). The summed E-state index contributed by atoms with van der Waals surface area (Å²) in [6, 6.07) is 0. The summed E-state index contributed by atoms with van der Waals surface area (Å²) in [6.45, 7) is 6.18. The van der Waals surface area contributed by atoms with Gasteiger partial charge in [-0.2, -0.15) is 0 Å². The molecule has 0 fully saturated rings. The molecule has 0 aliphatic carbocycles. The maximum atomic E-state index is 11.5. The predicted molar refractivity (Wildman–Crippen MR) is 130 cm³/mol. The number of hydrogen-bond donors (Lipinski definition) is 1. The van der Waals surface area contributed by atoms with E-state index in [2.05, 4.69) is 12.2 Å². The molecule has 2 heteroatoms. The Balaban J connectivity index is 3.04. The van der Waals surface area contributed by atoms with Gasteiger partial charge in [0, 0.05) is 13.0 Å². The van der Waals surface area contributed by atoms with E-state index in [1.807, 2.05) is 13.5 Å². The molecule has 0 aromatic heterocycles. The first-order chi connectivity index (χ1) is 14.3. The molecule has 0 aromatic carbocycles. The molecule has 0 spiro atoms. The lowest BCUT2D eigenvalue weighted by atomic mass is 10.0. The van der Waals surface area contributed by atoms with Gasteiger partial charge in [-0.3, -0.25) is 4.79 Å². The van der Waals surface area contributed by atoms with Crippen molar-refractivity contribution in [2.75, 3.05) is 0 Å². The molecule has 29 heavy (non-hydrogen) atoms. The molecule has 1 N–H and O–H groups in total. The molecule has 0 aromatic rings. The van der Waals surface area contributed by atoms with Crippen molar-refractivity contribution in [3.63, 3.8) is 0 Å². The molecule has 0 aliphatic heterocycles. The van der Waals surface area contributed by atoms with E-state index in [0.29, 0.717) is 6.42 Å². The minimum absolute atomic E-state index is 0.185. The fourth-order valence-corrected chi connectivity index (χ4v) is 4.01. The lowest BCUT2D eigenvalue weighted by Crippen LogP contribution is -2.19. The Morgan fingerprint density at radius 2 is 0.828 bits per heavy atom. The number of hydrogen-bond acceptors (Lipinski definition) is 1. The first-order valence-corrected chi connectivity index (χ1v) is 13.4. The molecular formula is C27H54NO. The van der Waals surface area contributed by atoms with E-state index in [-0.39, 0.29) is 5.91 Å². The van der Waals surface area contributed by atoms with Gasteiger partial charge in [0.15, 0.2) is 0 Å². The van der Waals surface area contributed by atoms with Crippen LogP contribution in [0.3, 0.4) is 0 Å². The number of rotatable bonds is 24. The molecule has 0 saturated heterocycles. The summed E-state index contributed by atoms with van der Waals surface area (Å²) in [5, 5.41) is 2.83. The second-order valence-corrected chi connectivity index (χ2v) is 9.00. The van der Waals surface area contributed by atoms with E-state index in [0.717, 1.165) is 12.8 Å². The lowest BCUT2D eigenvalue weighted by Gasteiger charge is -2.04. The number of carbonyl (C=O) groups is 1. The average molecular weight is 409 g/mol. The highest BCUT2D eigenvalue weighted by Gasteiger charge is 2.00. The molecule has 2 nitrogen and oxygen atoms in total. The van der Waals surface area contributed by atoms with E-state index < -0.39 is 0 Å². The Morgan fingerprint density at radius 3 is 1.14 bits per heavy atom. The van der Waals surface area contributed by atoms with Crippen LogP contribution in [-0.2, 0) is 4.79 Å². The summed E-state index contributed by atoms with van der Waals surface area (Å²) in [4.78, 5) is 11.5. The summed E-state index contributed by atoms with van der Waals surface area (Å²) in [7, 11) is 0. The molecule has 0 atom stereocenters. The summed E-state index contributed by atoms with van der Waals surface area (Å²) in [6.07, 6.45) is 31.0. The van der Waals surface area contributed by atoms with Gasteiger partial charge >= 0.3 is 0 Å². The molecule has 0 aliphatic rings. The van der Waals surface area contributed by atoms with Gasteiger partial charge in [-0.1, -0.05) is 142 Å². The van der Waals surface area contributed by atoms with Crippen LogP contribution in [0.1, 0.15) is 162 Å². The summed E-state index contributed by atoms with van der Waals surface area (Å²) < 4.78 is 0. The zero-order valence-corrected chi connectivity index (χ0v) is 20.2. The highest BCUT2D eigenvalue weighted by molar-refractivity contribution is 5.76. The topological polar surface area (TPSA) is 29.1 Å². The second-order valence-electron chi connectivity index (χ2n) is 9.00. The van der Waals surface area contributed by atoms with E-state index in [4.69, 9.17) is 0 Å². The van der Waals surface area contributed by atoms with Crippen molar-refractivity contribution in [1.82, 2.24) is 5.32 Å². The van der Waals surface area contributed by atoms with Crippen LogP contribution >= 0.6 is 0 Å². The van der Waals surface area contributed by atoms with Crippen molar-refractivity contribution in [1.29, 1.82) is 0 Å². The Labute approximate surface area is 184 Å². The van der Waals surface area contributed by atoms with Crippen LogP contribution in [0.2, 0.25) is 0 Å². The quantitative estimate of drug-likeness (QED) is 0.158. The van der Waals surface area contributed by atoms with Crippen LogP contribution in [0.5, 0.6) is 0 Å². The minimum Gasteiger partial charge on any atom is -0.351 e. The van der Waals surface area contributed by atoms with Crippen molar-refractivity contribution in [3.8, 4) is 0 Å². The van der Waals surface area contributed by atoms with E-state index >= 15 is 0 Å². The number of amides is 1. The van der Waals surface area contributed by atoms with Crippen LogP contribution in [0.25, 0.3) is 0 Å². The molecule has 173 valence electrons. The van der Waals surface area contributed by atoms with Gasteiger partial charge in [-0.05, 0) is 12.8 Å². The van der Waals surface area contributed by atoms with Gasteiger partial charge in [0.25, 0.3) is 0 Å². The summed E-state index contributed by atoms with van der Waals surface area (Å²) in [5.41, 5.74) is 0. The third kappa shape index (κ3) is 25.4. The Hall–Kier alpha value is -0.530. The van der Waals surface area contributed by atoms with Gasteiger partial charge < -0.3 is 5.32 Å². The number of carbonyl (C=O) groups excluding carboxylic acids is 1. The van der Waals surface area contributed by atoms with Crippen molar-refractivity contribution in [2.45, 2.75) is 162 Å². The zero-order valence-electron chi connectivity index (χ0n) is 20.2. The van der Waals surface area contributed by atoms with E-state index in [1.54, 1.807) is 0 Å². The standard InChI is InChI=1S/C27H54NO/c1-3-5-6-7-8-9-10-11-12-13-14-15-16-17-18-19-20-21-22-23-24-25-27(29)28-26-4-2/h26H,3-25H2,1-2H3,(H,28,29). The molecule has 0 bridgehead atoms. The van der Waals surface area contributed by atoms with E-state index in [1.165, 1.54) is 128 Å². The van der Waals surface area contributed by atoms with Gasteiger partial charge in [0.2, 0.25) is 5.91 Å². The fraction of sp³-hybridized carbons (Fsp3) is 0.926. The maximum Gasteiger partial charge on any atom is 0.220 e. The molecule has 0 heterocycles. The first-order valence-electron chi connectivity index (χ1n) is 13.4. The van der Waals surface area contributed by atoms with Gasteiger partial charge in [0.05, 0.1) is 0 Å². The zero-order chi connectivity index (χ0) is 21.3. The van der Waals surface area contributed by atoms with Crippen molar-refractivity contribution in [2.24, 2.45) is 0 Å². The first kappa shape index (κ1) is 28.5. The van der Waals surface area contributed by atoms with Gasteiger partial charge in [-0.15, -0.1) is 0 Å². The minimum atomic E-state index is 0.185. The monoisotopic (exact) mass is 408 g/mol. The smallest absolute Gasteiger partial charge is 0.220 e. The Morgan fingerprint density at radius 1 is 0.517 bits per heavy atom. The number of nitrogens with one attached hydrogen (secondary N) is 1.